The molecular weight excluding hydrogens is 135 g/mol. The van der Waals surface area contributed by atoms with E-state index in [9.17, 15) is 0 Å². The summed E-state index contributed by atoms with van der Waals surface area (Å²) in [7, 11) is 10.1. The molecule has 0 heterocycles. The Balaban J connectivity index is 0. The lowest BCUT2D eigenvalue weighted by Crippen LogP contribution is -0.745. The summed E-state index contributed by atoms with van der Waals surface area (Å²) < 4.78 is 0. The van der Waals surface area contributed by atoms with Gasteiger partial charge < -0.3 is 0 Å². The maximum Gasteiger partial charge on any atom is 0.0523 e. The largest absolute Gasteiger partial charge is 0.197 e. The Morgan fingerprint density at radius 1 is 1.25 bits per heavy atom. The first-order valence-electron chi connectivity index (χ1n) is 0.309. The fourth-order valence-corrected chi connectivity index (χ4v) is 0. The summed E-state index contributed by atoms with van der Waals surface area (Å²) in [6.45, 7) is 0. The molecule has 0 nitrogen and oxygen atoms in total. The van der Waals surface area contributed by atoms with E-state index in [-0.39, 0.29) is 13.5 Å². The molecule has 0 radical (unpaired) electrons. The van der Waals surface area contributed by atoms with Gasteiger partial charge in [-0.15, -0.1) is 0 Å². The van der Waals surface area contributed by atoms with E-state index < -0.39 is 0 Å². The quantitative estimate of drug-likeness (QED) is 0.492. The van der Waals surface area contributed by atoms with Crippen molar-refractivity contribution in [2.24, 2.45) is 0 Å². The van der Waals surface area contributed by atoms with Crippen LogP contribution in [-0.4, -0.2) is 0 Å². The monoisotopic (exact) mass is 136 g/mol. The molecule has 28 valence electrons. The lowest BCUT2D eigenvalue weighted by molar-refractivity contribution is 5.06. The zero-order valence-corrected chi connectivity index (χ0v) is 4.99. The van der Waals surface area contributed by atoms with Crippen LogP contribution in [0, 0.1) is 0 Å². The lowest BCUT2D eigenvalue weighted by Gasteiger charge is -1.40. The van der Waals surface area contributed by atoms with E-state index in [1.807, 2.05) is 0 Å². The van der Waals surface area contributed by atoms with Crippen molar-refractivity contribution in [1.29, 1.82) is 0 Å². The molecule has 4 heteroatoms. The molecule has 0 fully saturated rings. The normalized spacial score (nSPS) is 4.50. The summed E-state index contributed by atoms with van der Waals surface area (Å²) in [5.74, 6) is 0. The van der Waals surface area contributed by atoms with Gasteiger partial charge >= 0.3 is 0 Å². The molecule has 0 aromatic rings. The molecule has 0 aliphatic rings. The molecule has 0 aromatic heterocycles. The van der Waals surface area contributed by atoms with E-state index >= 15 is 0 Å². The van der Waals surface area contributed by atoms with Crippen LogP contribution in [0.3, 0.4) is 0 Å². The SMILES string of the molecule is ClSCl.S. The molecule has 0 amide bonds. The van der Waals surface area contributed by atoms with Gasteiger partial charge in [-0.25, -0.2) is 0 Å². The predicted octanol–water partition coefficient (Wildman–Crippen LogP) is 2.14. The van der Waals surface area contributed by atoms with Crippen molar-refractivity contribution in [2.45, 2.75) is 0 Å². The van der Waals surface area contributed by atoms with Gasteiger partial charge in [-0.05, 0) is 21.4 Å². The molecule has 0 unspecified atom stereocenters. The van der Waals surface area contributed by atoms with Gasteiger partial charge in [0.2, 0.25) is 0 Å². The van der Waals surface area contributed by atoms with Crippen LogP contribution in [0.25, 0.3) is 0 Å². The first kappa shape index (κ1) is 8.99. The van der Waals surface area contributed by atoms with E-state index in [1.54, 1.807) is 0 Å². The molecule has 0 aromatic carbocycles. The van der Waals surface area contributed by atoms with Gasteiger partial charge in [-0.2, -0.15) is 13.5 Å². The van der Waals surface area contributed by atoms with Crippen LogP contribution in [0.1, 0.15) is 0 Å². The van der Waals surface area contributed by atoms with Crippen molar-refractivity contribution in [1.82, 2.24) is 0 Å². The maximum atomic E-state index is 4.68. The minimum atomic E-state index is 0. The highest BCUT2D eigenvalue weighted by Gasteiger charge is 1.43. The Kier molecular flexibility index (Phi) is 19.9. The molecule has 0 aliphatic heterocycles. The van der Waals surface area contributed by atoms with Gasteiger partial charge in [0.15, 0.2) is 0 Å². The molecule has 0 rings (SSSR count). The minimum absolute atomic E-state index is 0. The summed E-state index contributed by atoms with van der Waals surface area (Å²) in [6.07, 6.45) is 0. The highest BCUT2D eigenvalue weighted by Crippen LogP contribution is 2.08. The first-order valence-corrected chi connectivity index (χ1v) is 2.78. The smallest absolute Gasteiger partial charge is 0.0523 e. The fraction of sp³-hybridized carbons (Fsp3) is 0. The third-order valence-corrected chi connectivity index (χ3v) is 0. The molecule has 0 atom stereocenters. The van der Waals surface area contributed by atoms with Crippen LogP contribution >= 0.6 is 45.0 Å². The third-order valence-electron chi connectivity index (χ3n) is 0. The molecule has 0 N–H and O–H groups in total. The molecule has 0 bridgehead atoms. The van der Waals surface area contributed by atoms with Gasteiger partial charge in [0.25, 0.3) is 0 Å². The zero-order valence-electron chi connectivity index (χ0n) is 1.66. The van der Waals surface area contributed by atoms with E-state index in [1.165, 1.54) is 0 Å². The maximum absolute atomic E-state index is 4.68. The Bertz CT molecular complexity index is 4.00. The van der Waals surface area contributed by atoms with Crippen molar-refractivity contribution < 1.29 is 0 Å². The van der Waals surface area contributed by atoms with Crippen molar-refractivity contribution in [3.05, 3.63) is 0 Å². The molecular formula is H2Cl2S2. The summed E-state index contributed by atoms with van der Waals surface area (Å²) in [5, 5.41) is 0. The summed E-state index contributed by atoms with van der Waals surface area (Å²) >= 11 is 0. The fourth-order valence-electron chi connectivity index (χ4n) is 0. The highest BCUT2D eigenvalue weighted by molar-refractivity contribution is 8.38. The second-order valence-electron chi connectivity index (χ2n) is 0.0583. The van der Waals surface area contributed by atoms with Crippen molar-refractivity contribution in [3.63, 3.8) is 0 Å². The van der Waals surface area contributed by atoms with Crippen molar-refractivity contribution in [3.8, 4) is 0 Å². The van der Waals surface area contributed by atoms with E-state index in [0.29, 0.717) is 10.2 Å². The van der Waals surface area contributed by atoms with E-state index in [2.05, 4.69) is 21.4 Å². The third kappa shape index (κ3) is 10.4. The van der Waals surface area contributed by atoms with Crippen LogP contribution in [0.4, 0.5) is 0 Å². The van der Waals surface area contributed by atoms with E-state index in [4.69, 9.17) is 0 Å². The summed E-state index contributed by atoms with van der Waals surface area (Å²) in [6, 6.07) is 0. The van der Waals surface area contributed by atoms with Gasteiger partial charge in [0, 0.05) is 0 Å². The van der Waals surface area contributed by atoms with E-state index in [0.717, 1.165) is 0 Å². The van der Waals surface area contributed by atoms with Gasteiger partial charge in [-0.1, -0.05) is 0 Å². The number of hydrogen-bond donors (Lipinski definition) is 0. The van der Waals surface area contributed by atoms with Crippen LogP contribution in [0.2, 0.25) is 0 Å². The molecule has 0 aliphatic carbocycles. The number of halogens is 2. The molecule has 4 heavy (non-hydrogen) atoms. The average molecular weight is 137 g/mol. The standard InChI is InChI=1S/Cl2S.H2S/c1-3-2;/h;1H2. The van der Waals surface area contributed by atoms with Crippen LogP contribution < -0.4 is 0 Å². The topological polar surface area (TPSA) is 0 Å². The molecule has 0 saturated carbocycles. The van der Waals surface area contributed by atoms with Crippen LogP contribution in [0.15, 0.2) is 0 Å². The average Bonchev–Trinajstić information content (AvgIpc) is 0.918. The lowest BCUT2D eigenvalue weighted by atomic mass is 31.6. The Labute approximate surface area is 45.3 Å². The van der Waals surface area contributed by atoms with Gasteiger partial charge in [-0.3, -0.25) is 0 Å². The van der Waals surface area contributed by atoms with Gasteiger partial charge in [0.05, 0.1) is 10.2 Å². The zero-order chi connectivity index (χ0) is 2.71. The Morgan fingerprint density at radius 2 is 1.25 bits per heavy atom. The minimum Gasteiger partial charge on any atom is -0.197 e. The first-order chi connectivity index (χ1) is 1.41. The molecule has 0 saturated heterocycles. The molecule has 0 spiro atoms. The summed E-state index contributed by atoms with van der Waals surface area (Å²) in [4.78, 5) is 0. The van der Waals surface area contributed by atoms with Crippen molar-refractivity contribution >= 4 is 45.0 Å². The van der Waals surface area contributed by atoms with Gasteiger partial charge in [0.1, 0.15) is 0 Å². The number of hydrogen-bond acceptors (Lipinski definition) is 1. The number of rotatable bonds is 0. The highest BCUT2D eigenvalue weighted by atomic mass is 36.0. The Morgan fingerprint density at radius 3 is 1.25 bits per heavy atom. The Hall–Kier alpha value is 1.28. The second-order valence-corrected chi connectivity index (χ2v) is 1.57. The van der Waals surface area contributed by atoms with Crippen LogP contribution in [0.5, 0.6) is 0 Å². The van der Waals surface area contributed by atoms with Crippen LogP contribution in [-0.2, 0) is 0 Å². The summed E-state index contributed by atoms with van der Waals surface area (Å²) in [5.41, 5.74) is 0. The van der Waals surface area contributed by atoms with Crippen molar-refractivity contribution in [2.75, 3.05) is 0 Å². The second kappa shape index (κ2) is 8.86. The predicted molar refractivity (Wildman–Crippen MR) is 29.7 cm³/mol.